The molecule has 1 aromatic carbocycles. The van der Waals surface area contributed by atoms with Gasteiger partial charge in [0.2, 0.25) is 5.91 Å². The molecular weight excluding hydrogens is 284 g/mol. The van der Waals surface area contributed by atoms with E-state index >= 15 is 0 Å². The fourth-order valence-corrected chi connectivity index (χ4v) is 2.52. The van der Waals surface area contributed by atoms with E-state index in [-0.39, 0.29) is 24.4 Å². The average molecular weight is 311 g/mol. The first-order valence-corrected chi connectivity index (χ1v) is 7.80. The smallest absolute Gasteiger partial charge is 0.224 e. The highest BCUT2D eigenvalue weighted by molar-refractivity contribution is 5.85. The summed E-state index contributed by atoms with van der Waals surface area (Å²) in [5.41, 5.74) is 8.14. The van der Waals surface area contributed by atoms with Gasteiger partial charge in [-0.15, -0.1) is 12.4 Å². The third-order valence-electron chi connectivity index (χ3n) is 4.00. The molecule has 4 heteroatoms. The van der Waals surface area contributed by atoms with Gasteiger partial charge in [0, 0.05) is 12.6 Å². The maximum atomic E-state index is 12.0. The highest BCUT2D eigenvalue weighted by Crippen LogP contribution is 2.32. The molecule has 1 saturated carbocycles. The van der Waals surface area contributed by atoms with Gasteiger partial charge in [0.25, 0.3) is 0 Å². The van der Waals surface area contributed by atoms with Crippen molar-refractivity contribution >= 4 is 18.3 Å². The van der Waals surface area contributed by atoms with Gasteiger partial charge in [0.05, 0.1) is 6.42 Å². The van der Waals surface area contributed by atoms with Crippen LogP contribution in [0.4, 0.5) is 0 Å². The summed E-state index contributed by atoms with van der Waals surface area (Å²) in [4.78, 5) is 12.0. The van der Waals surface area contributed by atoms with Crippen molar-refractivity contribution in [3.63, 3.8) is 0 Å². The minimum Gasteiger partial charge on any atom is -0.352 e. The molecule has 1 aliphatic carbocycles. The third-order valence-corrected chi connectivity index (χ3v) is 4.00. The fourth-order valence-electron chi connectivity index (χ4n) is 2.52. The molecule has 118 valence electrons. The van der Waals surface area contributed by atoms with Crippen LogP contribution < -0.4 is 11.1 Å². The van der Waals surface area contributed by atoms with Crippen LogP contribution in [0.2, 0.25) is 0 Å². The summed E-state index contributed by atoms with van der Waals surface area (Å²) in [5, 5.41) is 3.06. The van der Waals surface area contributed by atoms with Gasteiger partial charge in [-0.2, -0.15) is 0 Å². The zero-order valence-electron chi connectivity index (χ0n) is 12.8. The zero-order chi connectivity index (χ0) is 14.4. The number of aryl methyl sites for hydroxylation is 1. The van der Waals surface area contributed by atoms with Gasteiger partial charge in [-0.25, -0.2) is 0 Å². The van der Waals surface area contributed by atoms with Gasteiger partial charge < -0.3 is 11.1 Å². The molecule has 0 heterocycles. The van der Waals surface area contributed by atoms with E-state index in [2.05, 4.69) is 36.5 Å². The number of nitrogens with one attached hydrogen (secondary N) is 1. The Kier molecular flexibility index (Phi) is 7.76. The lowest BCUT2D eigenvalue weighted by molar-refractivity contribution is -0.121. The average Bonchev–Trinajstić information content (AvgIpc) is 3.28. The number of hydrogen-bond donors (Lipinski definition) is 2. The fraction of sp³-hybridized carbons (Fsp3) is 0.588. The van der Waals surface area contributed by atoms with Crippen molar-refractivity contribution in [2.45, 2.75) is 51.5 Å². The summed E-state index contributed by atoms with van der Waals surface area (Å²) in [5.74, 6) is 0.703. The van der Waals surface area contributed by atoms with Crippen LogP contribution in [0, 0.1) is 5.92 Å². The van der Waals surface area contributed by atoms with Gasteiger partial charge >= 0.3 is 0 Å². The van der Waals surface area contributed by atoms with Crippen molar-refractivity contribution in [3.05, 3.63) is 35.4 Å². The largest absolute Gasteiger partial charge is 0.352 e. The number of rotatable bonds is 8. The normalized spacial score (nSPS) is 15.1. The quantitative estimate of drug-likeness (QED) is 0.776. The van der Waals surface area contributed by atoms with Crippen molar-refractivity contribution in [3.8, 4) is 0 Å². The Morgan fingerprint density at radius 3 is 2.43 bits per heavy atom. The number of nitrogens with two attached hydrogens (primary N) is 1. The summed E-state index contributed by atoms with van der Waals surface area (Å²) in [6.45, 7) is 2.75. The molecule has 1 aromatic rings. The second-order valence-corrected chi connectivity index (χ2v) is 5.84. The molecule has 0 bridgehead atoms. The number of unbranched alkanes of at least 4 members (excludes halogenated alkanes) is 1. The second-order valence-electron chi connectivity index (χ2n) is 5.84. The van der Waals surface area contributed by atoms with E-state index in [9.17, 15) is 4.79 Å². The summed E-state index contributed by atoms with van der Waals surface area (Å²) >= 11 is 0. The molecule has 1 amide bonds. The minimum absolute atomic E-state index is 0. The summed E-state index contributed by atoms with van der Waals surface area (Å²) < 4.78 is 0. The predicted octanol–water partition coefficient (Wildman–Crippen LogP) is 2.85. The molecule has 1 unspecified atom stereocenters. The number of benzene rings is 1. The molecule has 3 N–H and O–H groups in total. The van der Waals surface area contributed by atoms with E-state index in [1.54, 1.807) is 0 Å². The molecule has 0 radical (unpaired) electrons. The van der Waals surface area contributed by atoms with Crippen LogP contribution >= 0.6 is 12.4 Å². The van der Waals surface area contributed by atoms with Gasteiger partial charge in [-0.05, 0) is 42.7 Å². The monoisotopic (exact) mass is 310 g/mol. The van der Waals surface area contributed by atoms with Crippen molar-refractivity contribution in [1.82, 2.24) is 5.32 Å². The number of carbonyl (C=O) groups excluding carboxylic acids is 1. The summed E-state index contributed by atoms with van der Waals surface area (Å²) in [6.07, 6.45) is 6.42. The Labute approximate surface area is 134 Å². The van der Waals surface area contributed by atoms with Gasteiger partial charge in [0.1, 0.15) is 0 Å². The zero-order valence-corrected chi connectivity index (χ0v) is 13.6. The molecule has 3 nitrogen and oxygen atoms in total. The highest BCUT2D eigenvalue weighted by atomic mass is 35.5. The van der Waals surface area contributed by atoms with Crippen LogP contribution in [0.15, 0.2) is 24.3 Å². The van der Waals surface area contributed by atoms with Crippen molar-refractivity contribution < 1.29 is 4.79 Å². The van der Waals surface area contributed by atoms with Gasteiger partial charge in [-0.3, -0.25) is 4.79 Å². The number of halogens is 1. The van der Waals surface area contributed by atoms with Crippen molar-refractivity contribution in [1.29, 1.82) is 0 Å². The lowest BCUT2D eigenvalue weighted by Crippen LogP contribution is -2.42. The third kappa shape index (κ3) is 6.06. The number of carbonyl (C=O) groups is 1. The topological polar surface area (TPSA) is 55.1 Å². The molecule has 2 rings (SSSR count). The van der Waals surface area contributed by atoms with E-state index in [1.807, 2.05) is 0 Å². The van der Waals surface area contributed by atoms with Gasteiger partial charge in [0.15, 0.2) is 0 Å². The van der Waals surface area contributed by atoms with Crippen LogP contribution in [0.5, 0.6) is 0 Å². The van der Waals surface area contributed by atoms with Crippen LogP contribution in [-0.4, -0.2) is 18.5 Å². The molecular formula is C17H27ClN2O. The van der Waals surface area contributed by atoms with Crippen molar-refractivity contribution in [2.75, 3.05) is 6.54 Å². The Bertz CT molecular complexity index is 429. The minimum atomic E-state index is 0. The lowest BCUT2D eigenvalue weighted by atomic mass is 10.0. The molecule has 1 aliphatic rings. The SMILES string of the molecule is CCCCc1ccc(CC(=O)NC(CN)C2CC2)cc1.Cl. The van der Waals surface area contributed by atoms with E-state index in [1.165, 1.54) is 31.2 Å². The van der Waals surface area contributed by atoms with Crippen LogP contribution in [0.25, 0.3) is 0 Å². The summed E-state index contributed by atoms with van der Waals surface area (Å²) in [7, 11) is 0. The first-order valence-electron chi connectivity index (χ1n) is 7.80. The first-order chi connectivity index (χ1) is 9.72. The summed E-state index contributed by atoms with van der Waals surface area (Å²) in [6, 6.07) is 8.59. The van der Waals surface area contributed by atoms with Crippen LogP contribution in [0.3, 0.4) is 0 Å². The Morgan fingerprint density at radius 2 is 1.90 bits per heavy atom. The second kappa shape index (κ2) is 9.06. The molecule has 0 saturated heterocycles. The molecule has 21 heavy (non-hydrogen) atoms. The molecule has 0 spiro atoms. The van der Waals surface area contributed by atoms with E-state index in [4.69, 9.17) is 5.73 Å². The van der Waals surface area contributed by atoms with E-state index in [0.717, 1.165) is 12.0 Å². The first kappa shape index (κ1) is 18.0. The molecule has 0 aliphatic heterocycles. The maximum absolute atomic E-state index is 12.0. The molecule has 1 fully saturated rings. The maximum Gasteiger partial charge on any atom is 0.224 e. The number of amides is 1. The highest BCUT2D eigenvalue weighted by Gasteiger charge is 2.31. The van der Waals surface area contributed by atoms with E-state index < -0.39 is 0 Å². The molecule has 0 aromatic heterocycles. The Hall–Kier alpha value is -1.06. The lowest BCUT2D eigenvalue weighted by Gasteiger charge is -2.16. The predicted molar refractivity (Wildman–Crippen MR) is 89.7 cm³/mol. The Morgan fingerprint density at radius 1 is 1.29 bits per heavy atom. The standard InChI is InChI=1S/C17H26N2O.ClH/c1-2-3-4-13-5-7-14(8-6-13)11-17(20)19-16(12-18)15-9-10-15;/h5-8,15-16H,2-4,9-12,18H2,1H3,(H,19,20);1H. The number of hydrogen-bond acceptors (Lipinski definition) is 2. The molecule has 1 atom stereocenters. The van der Waals surface area contributed by atoms with E-state index in [0.29, 0.717) is 18.9 Å². The Balaban J connectivity index is 0.00000220. The van der Waals surface area contributed by atoms with Crippen LogP contribution in [0.1, 0.15) is 43.7 Å². The van der Waals surface area contributed by atoms with Gasteiger partial charge in [-0.1, -0.05) is 37.6 Å². The van der Waals surface area contributed by atoms with Crippen LogP contribution in [-0.2, 0) is 17.6 Å². The van der Waals surface area contributed by atoms with Crippen molar-refractivity contribution in [2.24, 2.45) is 11.7 Å².